The lowest BCUT2D eigenvalue weighted by Crippen LogP contribution is -2.12. The van der Waals surface area contributed by atoms with Crippen LogP contribution in [0.25, 0.3) is 16.9 Å². The molecule has 4 rings (SSSR count). The molecule has 0 bridgehead atoms. The Morgan fingerprint density at radius 2 is 1.81 bits per heavy atom. The van der Waals surface area contributed by atoms with Gasteiger partial charge in [-0.25, -0.2) is 9.50 Å². The summed E-state index contributed by atoms with van der Waals surface area (Å²) >= 11 is 0. The SMILES string of the molecule is CC(C)(C)c1ccc(C(=O)Cc2cc(-c3cccc(CCO)c3)n3nccc3n2)cc1. The largest absolute Gasteiger partial charge is 0.396 e. The standard InChI is InChI=1S/C26H27N3O2/c1-26(2,3)21-9-7-19(8-10-21)24(31)17-22-16-23(29-25(28-22)11-13-27-29)20-6-4-5-18(15-20)12-14-30/h4-11,13,15-16,30H,12,14,17H2,1-3H3. The molecule has 0 spiro atoms. The number of hydrogen-bond acceptors (Lipinski definition) is 4. The van der Waals surface area contributed by atoms with Crippen LogP contribution < -0.4 is 0 Å². The Kier molecular flexibility index (Phi) is 5.70. The van der Waals surface area contributed by atoms with Gasteiger partial charge in [-0.2, -0.15) is 5.10 Å². The number of benzene rings is 2. The third-order valence-corrected chi connectivity index (χ3v) is 5.45. The molecule has 0 radical (unpaired) electrons. The van der Waals surface area contributed by atoms with Crippen molar-refractivity contribution in [2.45, 2.75) is 39.0 Å². The first kappa shape index (κ1) is 20.9. The lowest BCUT2D eigenvalue weighted by Gasteiger charge is -2.19. The monoisotopic (exact) mass is 413 g/mol. The summed E-state index contributed by atoms with van der Waals surface area (Å²) in [6.07, 6.45) is 2.52. The Balaban J connectivity index is 1.66. The number of ketones is 1. The molecule has 0 fully saturated rings. The van der Waals surface area contributed by atoms with Gasteiger partial charge in [-0.05, 0) is 35.1 Å². The van der Waals surface area contributed by atoms with Crippen molar-refractivity contribution in [1.82, 2.24) is 14.6 Å². The molecule has 2 aromatic heterocycles. The average molecular weight is 414 g/mol. The van der Waals surface area contributed by atoms with Gasteiger partial charge in [0, 0.05) is 23.8 Å². The van der Waals surface area contributed by atoms with Crippen molar-refractivity contribution in [2.75, 3.05) is 6.61 Å². The van der Waals surface area contributed by atoms with E-state index in [-0.39, 0.29) is 24.2 Å². The summed E-state index contributed by atoms with van der Waals surface area (Å²) in [6, 6.07) is 19.6. The second-order valence-corrected chi connectivity index (χ2v) is 8.84. The Hall–Kier alpha value is -3.31. The first-order valence-corrected chi connectivity index (χ1v) is 10.5. The predicted molar refractivity (Wildman–Crippen MR) is 122 cm³/mol. The summed E-state index contributed by atoms with van der Waals surface area (Å²) in [4.78, 5) is 17.6. The summed E-state index contributed by atoms with van der Waals surface area (Å²) in [7, 11) is 0. The smallest absolute Gasteiger partial charge is 0.168 e. The van der Waals surface area contributed by atoms with Crippen LogP contribution in [0, 0.1) is 0 Å². The molecule has 4 aromatic rings. The number of aromatic nitrogens is 3. The van der Waals surface area contributed by atoms with Crippen molar-refractivity contribution < 1.29 is 9.90 Å². The van der Waals surface area contributed by atoms with E-state index in [2.05, 4.69) is 30.9 Å². The molecule has 0 saturated carbocycles. The number of rotatable bonds is 6. The minimum Gasteiger partial charge on any atom is -0.396 e. The molecular formula is C26H27N3O2. The van der Waals surface area contributed by atoms with Gasteiger partial charge in [0.25, 0.3) is 0 Å². The van der Waals surface area contributed by atoms with Crippen molar-refractivity contribution >= 4 is 11.4 Å². The quantitative estimate of drug-likeness (QED) is 0.467. The van der Waals surface area contributed by atoms with Gasteiger partial charge >= 0.3 is 0 Å². The number of aliphatic hydroxyl groups excluding tert-OH is 1. The minimum absolute atomic E-state index is 0.0387. The van der Waals surface area contributed by atoms with Gasteiger partial charge < -0.3 is 5.11 Å². The maximum absolute atomic E-state index is 12.9. The number of aliphatic hydroxyl groups is 1. The summed E-state index contributed by atoms with van der Waals surface area (Å²) in [5, 5.41) is 13.7. The van der Waals surface area contributed by atoms with E-state index in [1.165, 1.54) is 5.56 Å². The van der Waals surface area contributed by atoms with E-state index in [4.69, 9.17) is 0 Å². The van der Waals surface area contributed by atoms with Crippen LogP contribution in [0.5, 0.6) is 0 Å². The molecule has 1 N–H and O–H groups in total. The van der Waals surface area contributed by atoms with E-state index < -0.39 is 0 Å². The molecule has 158 valence electrons. The maximum Gasteiger partial charge on any atom is 0.168 e. The van der Waals surface area contributed by atoms with E-state index >= 15 is 0 Å². The fourth-order valence-electron chi connectivity index (χ4n) is 3.70. The molecule has 0 aliphatic rings. The Bertz CT molecular complexity index is 1220. The molecule has 0 unspecified atom stereocenters. The van der Waals surface area contributed by atoms with Crippen molar-refractivity contribution in [3.8, 4) is 11.3 Å². The molecule has 5 heteroatoms. The van der Waals surface area contributed by atoms with Crippen LogP contribution in [-0.4, -0.2) is 32.1 Å². The van der Waals surface area contributed by atoms with Crippen LogP contribution in [0.15, 0.2) is 66.9 Å². The van der Waals surface area contributed by atoms with Gasteiger partial charge in [-0.1, -0.05) is 63.2 Å². The number of fused-ring (bicyclic) bond motifs is 1. The van der Waals surface area contributed by atoms with Crippen LogP contribution in [-0.2, 0) is 18.3 Å². The number of nitrogens with zero attached hydrogens (tertiary/aromatic N) is 3. The predicted octanol–water partition coefficient (Wildman–Crippen LogP) is 4.65. The number of hydrogen-bond donors (Lipinski definition) is 1. The Morgan fingerprint density at radius 1 is 1.03 bits per heavy atom. The highest BCUT2D eigenvalue weighted by Crippen LogP contribution is 2.24. The highest BCUT2D eigenvalue weighted by molar-refractivity contribution is 5.97. The van der Waals surface area contributed by atoms with Crippen molar-refractivity contribution in [1.29, 1.82) is 0 Å². The van der Waals surface area contributed by atoms with E-state index in [0.717, 1.165) is 16.8 Å². The zero-order valence-corrected chi connectivity index (χ0v) is 18.2. The second kappa shape index (κ2) is 8.44. The molecule has 2 aromatic carbocycles. The summed E-state index contributed by atoms with van der Waals surface area (Å²) in [6.45, 7) is 6.58. The molecule has 0 saturated heterocycles. The Morgan fingerprint density at radius 3 is 2.52 bits per heavy atom. The van der Waals surface area contributed by atoms with Crippen LogP contribution in [0.2, 0.25) is 0 Å². The normalized spacial score (nSPS) is 11.7. The maximum atomic E-state index is 12.9. The van der Waals surface area contributed by atoms with Gasteiger partial charge in [0.1, 0.15) is 0 Å². The number of carbonyl (C=O) groups is 1. The molecule has 0 aliphatic carbocycles. The van der Waals surface area contributed by atoms with Gasteiger partial charge in [0.15, 0.2) is 11.4 Å². The van der Waals surface area contributed by atoms with E-state index in [0.29, 0.717) is 23.3 Å². The van der Waals surface area contributed by atoms with Crippen LogP contribution in [0.1, 0.15) is 48.0 Å². The van der Waals surface area contributed by atoms with Crippen LogP contribution in [0.4, 0.5) is 0 Å². The molecular weight excluding hydrogens is 386 g/mol. The Labute approximate surface area is 182 Å². The van der Waals surface area contributed by atoms with Gasteiger partial charge in [0.2, 0.25) is 0 Å². The summed E-state index contributed by atoms with van der Waals surface area (Å²) in [5.74, 6) is 0.0387. The van der Waals surface area contributed by atoms with Crippen molar-refractivity contribution in [2.24, 2.45) is 0 Å². The number of Topliss-reactive ketones (excluding diaryl/α,β-unsaturated/α-hetero) is 1. The van der Waals surface area contributed by atoms with Gasteiger partial charge in [-0.3, -0.25) is 4.79 Å². The van der Waals surface area contributed by atoms with Crippen molar-refractivity contribution in [3.63, 3.8) is 0 Å². The minimum atomic E-state index is 0.0387. The molecule has 0 atom stereocenters. The zero-order valence-electron chi connectivity index (χ0n) is 18.2. The molecule has 0 amide bonds. The molecule has 2 heterocycles. The fraction of sp³-hybridized carbons (Fsp3) is 0.269. The van der Waals surface area contributed by atoms with Crippen molar-refractivity contribution in [3.05, 3.63) is 89.2 Å². The van der Waals surface area contributed by atoms with E-state index in [1.54, 1.807) is 10.7 Å². The molecule has 0 aliphatic heterocycles. The van der Waals surface area contributed by atoms with Crippen LogP contribution >= 0.6 is 0 Å². The highest BCUT2D eigenvalue weighted by atomic mass is 16.3. The van der Waals surface area contributed by atoms with E-state index in [9.17, 15) is 9.90 Å². The zero-order chi connectivity index (χ0) is 22.0. The highest BCUT2D eigenvalue weighted by Gasteiger charge is 2.16. The van der Waals surface area contributed by atoms with Gasteiger partial charge in [0.05, 0.1) is 24.0 Å². The second-order valence-electron chi connectivity index (χ2n) is 8.84. The summed E-state index contributed by atoms with van der Waals surface area (Å²) in [5.41, 5.74) is 6.26. The first-order chi connectivity index (χ1) is 14.8. The third kappa shape index (κ3) is 4.57. The van der Waals surface area contributed by atoms with Crippen LogP contribution in [0.3, 0.4) is 0 Å². The number of carbonyl (C=O) groups excluding carboxylic acids is 1. The average Bonchev–Trinajstić information content (AvgIpc) is 3.22. The third-order valence-electron chi connectivity index (χ3n) is 5.45. The molecule has 31 heavy (non-hydrogen) atoms. The van der Waals surface area contributed by atoms with Gasteiger partial charge in [-0.15, -0.1) is 0 Å². The van der Waals surface area contributed by atoms with E-state index in [1.807, 2.05) is 60.7 Å². The first-order valence-electron chi connectivity index (χ1n) is 10.5. The molecule has 5 nitrogen and oxygen atoms in total. The lowest BCUT2D eigenvalue weighted by atomic mass is 9.86. The fourth-order valence-corrected chi connectivity index (χ4v) is 3.70. The lowest BCUT2D eigenvalue weighted by molar-refractivity contribution is 0.0992. The topological polar surface area (TPSA) is 67.5 Å². The summed E-state index contributed by atoms with van der Waals surface area (Å²) < 4.78 is 1.78.